The normalized spacial score (nSPS) is 21.4. The Morgan fingerprint density at radius 3 is 2.64 bits per heavy atom. The molecule has 4 rings (SSSR count). The minimum atomic E-state index is -0.265. The van der Waals surface area contributed by atoms with E-state index in [1.807, 2.05) is 19.2 Å². The average molecular weight is 385 g/mol. The summed E-state index contributed by atoms with van der Waals surface area (Å²) in [5.41, 5.74) is 2.80. The third kappa shape index (κ3) is 3.86. The molecular weight excluding hydrogens is 355 g/mol. The van der Waals surface area contributed by atoms with Gasteiger partial charge in [0.2, 0.25) is 0 Å². The fourth-order valence-corrected chi connectivity index (χ4v) is 4.30. The van der Waals surface area contributed by atoms with Crippen molar-refractivity contribution in [2.45, 2.75) is 39.3 Å². The molecule has 0 aliphatic carbocycles. The van der Waals surface area contributed by atoms with Crippen molar-refractivity contribution in [2.24, 2.45) is 0 Å². The number of pyridine rings is 1. The predicted molar refractivity (Wildman–Crippen MR) is 108 cm³/mol. The topological polar surface area (TPSA) is 48.4 Å². The molecule has 0 spiro atoms. The van der Waals surface area contributed by atoms with Gasteiger partial charge >= 0.3 is 0 Å². The third-order valence-electron chi connectivity index (χ3n) is 5.90. The summed E-state index contributed by atoms with van der Waals surface area (Å²) in [6, 6.07) is 4.29. The summed E-state index contributed by atoms with van der Waals surface area (Å²) in [5, 5.41) is 0. The minimum Gasteiger partial charge on any atom is -0.352 e. The number of aromatic nitrogens is 3. The molecule has 2 aromatic rings. The Morgan fingerprint density at radius 2 is 1.89 bits per heavy atom. The zero-order chi connectivity index (χ0) is 19.7. The van der Waals surface area contributed by atoms with E-state index in [1.165, 1.54) is 5.56 Å². The molecule has 6 nitrogen and oxygen atoms in total. The average Bonchev–Trinajstić information content (AvgIpc) is 3.13. The number of piperazine rings is 1. The molecule has 2 aliphatic heterocycles. The fraction of sp³-hybridized carbons (Fsp3) is 0.571. The third-order valence-corrected chi connectivity index (χ3v) is 5.90. The van der Waals surface area contributed by atoms with E-state index in [9.17, 15) is 0 Å². The van der Waals surface area contributed by atoms with E-state index >= 15 is 4.39 Å². The summed E-state index contributed by atoms with van der Waals surface area (Å²) in [6.45, 7) is 8.82. The molecule has 2 aliphatic rings. The standard InChI is InChI=1S/C21H29FN6/c1-15-6-4-8-23-20(15)18-7-5-9-28(18)14-17-19(22)21(25-16(2)24-17)27-12-10-26(3)11-13-27/h4,6,8,18H,5,7,9-14H2,1-3H3/t18-/m0/s1. The Balaban J connectivity index is 1.58. The Bertz CT molecular complexity index is 834. The molecule has 2 aromatic heterocycles. The van der Waals surface area contributed by atoms with Gasteiger partial charge in [0.15, 0.2) is 11.6 Å². The van der Waals surface area contributed by atoms with Crippen molar-refractivity contribution in [1.82, 2.24) is 24.8 Å². The molecule has 28 heavy (non-hydrogen) atoms. The van der Waals surface area contributed by atoms with Crippen LogP contribution < -0.4 is 4.90 Å². The number of anilines is 1. The van der Waals surface area contributed by atoms with Crippen LogP contribution in [0.2, 0.25) is 0 Å². The second-order valence-corrected chi connectivity index (χ2v) is 7.98. The highest BCUT2D eigenvalue weighted by Gasteiger charge is 2.30. The number of hydrogen-bond donors (Lipinski definition) is 0. The van der Waals surface area contributed by atoms with E-state index in [-0.39, 0.29) is 11.9 Å². The summed E-state index contributed by atoms with van der Waals surface area (Å²) in [7, 11) is 2.09. The largest absolute Gasteiger partial charge is 0.352 e. The molecule has 0 aromatic carbocycles. The number of hydrogen-bond acceptors (Lipinski definition) is 6. The molecule has 2 saturated heterocycles. The number of halogens is 1. The van der Waals surface area contributed by atoms with Crippen molar-refractivity contribution in [2.75, 3.05) is 44.7 Å². The maximum atomic E-state index is 15.4. The van der Waals surface area contributed by atoms with Crippen LogP contribution in [0.3, 0.4) is 0 Å². The molecule has 150 valence electrons. The second-order valence-electron chi connectivity index (χ2n) is 7.98. The Kier molecular flexibility index (Phi) is 5.55. The van der Waals surface area contributed by atoms with Gasteiger partial charge in [-0.3, -0.25) is 9.88 Å². The lowest BCUT2D eigenvalue weighted by Gasteiger charge is -2.33. The molecule has 0 saturated carbocycles. The van der Waals surface area contributed by atoms with Gasteiger partial charge in [0.05, 0.1) is 17.4 Å². The maximum absolute atomic E-state index is 15.4. The Hall–Kier alpha value is -2.12. The Morgan fingerprint density at radius 1 is 1.11 bits per heavy atom. The highest BCUT2D eigenvalue weighted by molar-refractivity contribution is 5.42. The first-order valence-corrected chi connectivity index (χ1v) is 10.1. The van der Waals surface area contributed by atoms with Crippen LogP contribution in [0.15, 0.2) is 18.3 Å². The first kappa shape index (κ1) is 19.2. The lowest BCUT2D eigenvalue weighted by atomic mass is 10.1. The monoisotopic (exact) mass is 384 g/mol. The van der Waals surface area contributed by atoms with Gasteiger partial charge in [-0.25, -0.2) is 14.4 Å². The fourth-order valence-electron chi connectivity index (χ4n) is 4.30. The minimum absolute atomic E-state index is 0.225. The first-order valence-electron chi connectivity index (χ1n) is 10.1. The van der Waals surface area contributed by atoms with Crippen LogP contribution in [0.5, 0.6) is 0 Å². The van der Waals surface area contributed by atoms with E-state index in [4.69, 9.17) is 0 Å². The van der Waals surface area contributed by atoms with Gasteiger partial charge in [0.25, 0.3) is 0 Å². The van der Waals surface area contributed by atoms with Gasteiger partial charge in [-0.15, -0.1) is 0 Å². The predicted octanol–water partition coefficient (Wildman–Crippen LogP) is 2.72. The van der Waals surface area contributed by atoms with Crippen LogP contribution in [0, 0.1) is 19.7 Å². The molecule has 2 fully saturated rings. The number of nitrogens with zero attached hydrogens (tertiary/aromatic N) is 6. The molecule has 4 heterocycles. The molecule has 0 unspecified atom stereocenters. The summed E-state index contributed by atoms with van der Waals surface area (Å²) in [5.74, 6) is 0.828. The first-order chi connectivity index (χ1) is 13.5. The van der Waals surface area contributed by atoms with E-state index in [2.05, 4.69) is 49.7 Å². The van der Waals surface area contributed by atoms with Gasteiger partial charge < -0.3 is 9.80 Å². The van der Waals surface area contributed by atoms with E-state index < -0.39 is 0 Å². The van der Waals surface area contributed by atoms with Crippen molar-refractivity contribution in [3.8, 4) is 0 Å². The summed E-state index contributed by atoms with van der Waals surface area (Å²) < 4.78 is 15.4. The smallest absolute Gasteiger partial charge is 0.188 e. The van der Waals surface area contributed by atoms with Gasteiger partial charge in [-0.05, 0) is 51.9 Å². The molecular formula is C21H29FN6. The zero-order valence-electron chi connectivity index (χ0n) is 17.0. The van der Waals surface area contributed by atoms with Crippen LogP contribution >= 0.6 is 0 Å². The quantitative estimate of drug-likeness (QED) is 0.808. The molecule has 0 N–H and O–H groups in total. The molecule has 0 amide bonds. The van der Waals surface area contributed by atoms with E-state index in [0.29, 0.717) is 23.9 Å². The molecule has 1 atom stereocenters. The number of likely N-dealkylation sites (N-methyl/N-ethyl adjacent to an activating group) is 1. The van der Waals surface area contributed by atoms with Crippen LogP contribution in [0.1, 0.15) is 41.7 Å². The summed E-state index contributed by atoms with van der Waals surface area (Å²) >= 11 is 0. The molecule has 0 radical (unpaired) electrons. The number of aryl methyl sites for hydroxylation is 2. The lowest BCUT2D eigenvalue weighted by Crippen LogP contribution is -2.45. The van der Waals surface area contributed by atoms with Gasteiger partial charge in [0, 0.05) is 38.9 Å². The van der Waals surface area contributed by atoms with Crippen molar-refractivity contribution < 1.29 is 4.39 Å². The number of rotatable bonds is 4. The van der Waals surface area contributed by atoms with Crippen LogP contribution in [0.25, 0.3) is 0 Å². The van der Waals surface area contributed by atoms with Crippen LogP contribution in [-0.2, 0) is 6.54 Å². The summed E-state index contributed by atoms with van der Waals surface area (Å²) in [6.07, 6.45) is 3.99. The van der Waals surface area contributed by atoms with Crippen LogP contribution in [-0.4, -0.2) is 64.5 Å². The highest BCUT2D eigenvalue weighted by atomic mass is 19.1. The zero-order valence-corrected chi connectivity index (χ0v) is 17.0. The van der Waals surface area contributed by atoms with Crippen LogP contribution in [0.4, 0.5) is 10.2 Å². The van der Waals surface area contributed by atoms with E-state index in [0.717, 1.165) is 51.3 Å². The molecule has 0 bridgehead atoms. The maximum Gasteiger partial charge on any atom is 0.188 e. The van der Waals surface area contributed by atoms with Crippen molar-refractivity contribution in [3.63, 3.8) is 0 Å². The van der Waals surface area contributed by atoms with Gasteiger partial charge in [-0.2, -0.15) is 0 Å². The van der Waals surface area contributed by atoms with Crippen molar-refractivity contribution in [1.29, 1.82) is 0 Å². The number of likely N-dealkylation sites (tertiary alicyclic amines) is 1. The summed E-state index contributed by atoms with van der Waals surface area (Å²) in [4.78, 5) is 20.1. The van der Waals surface area contributed by atoms with Gasteiger partial charge in [0.1, 0.15) is 5.82 Å². The Labute approximate surface area is 166 Å². The van der Waals surface area contributed by atoms with Crippen molar-refractivity contribution in [3.05, 3.63) is 46.9 Å². The van der Waals surface area contributed by atoms with E-state index in [1.54, 1.807) is 0 Å². The molecule has 7 heteroatoms. The van der Waals surface area contributed by atoms with Gasteiger partial charge in [-0.1, -0.05) is 6.07 Å². The lowest BCUT2D eigenvalue weighted by molar-refractivity contribution is 0.236. The van der Waals surface area contributed by atoms with Crippen molar-refractivity contribution >= 4 is 5.82 Å². The SMILES string of the molecule is Cc1nc(CN2CCC[C@H]2c2ncccc2C)c(F)c(N2CCN(C)CC2)n1. The second kappa shape index (κ2) is 8.09. The highest BCUT2D eigenvalue weighted by Crippen LogP contribution is 2.34.